The zero-order chi connectivity index (χ0) is 22.4. The molecule has 0 fully saturated rings. The number of fused-ring (bicyclic) bond motifs is 6. The van der Waals surface area contributed by atoms with Crippen LogP contribution in [-0.2, 0) is 10.3 Å². The predicted molar refractivity (Wildman–Crippen MR) is 119 cm³/mol. The number of hydrogen-bond donors (Lipinski definition) is 0. The first kappa shape index (κ1) is 28.2. The second kappa shape index (κ2) is 9.84. The Hall–Kier alpha value is 0.650. The van der Waals surface area contributed by atoms with Crippen molar-refractivity contribution < 1.29 is 83.6 Å². The first-order chi connectivity index (χ1) is 14.6. The van der Waals surface area contributed by atoms with Crippen molar-refractivity contribution in [3.63, 3.8) is 0 Å². The maximum absolute atomic E-state index is 13.0. The Labute approximate surface area is 268 Å². The predicted octanol–water partition coefficient (Wildman–Crippen LogP) is 0.548. The van der Waals surface area contributed by atoms with Crippen molar-refractivity contribution >= 4 is 84.2 Å². The second-order valence-corrected chi connectivity index (χ2v) is 9.79. The van der Waals surface area contributed by atoms with Crippen LogP contribution < -0.4 is 74.1 Å². The third kappa shape index (κ3) is 3.82. The third-order valence-corrected chi connectivity index (χ3v) is 8.46. The molecule has 2 aliphatic rings. The van der Waals surface area contributed by atoms with Crippen LogP contribution in [0.3, 0.4) is 0 Å². The number of carbonyl (C=O) groups is 1. The largest absolute Gasteiger partial charge is 1.00 e. The maximum Gasteiger partial charge on any atom is 1.00 e. The first-order valence-electron chi connectivity index (χ1n) is 8.38. The fourth-order valence-electron chi connectivity index (χ4n) is 3.85. The topological polar surface area (TPSA) is 81.7 Å². The molecule has 3 aromatic carbocycles. The summed E-state index contributed by atoms with van der Waals surface area (Å²) in [6.07, 6.45) is 0. The summed E-state index contributed by atoms with van der Waals surface area (Å²) in [4.78, 5) is 13.0. The summed E-state index contributed by atoms with van der Waals surface area (Å²) in [5, 5.41) is 24.2. The van der Waals surface area contributed by atoms with Crippen LogP contribution in [0.1, 0.15) is 27.0 Å². The van der Waals surface area contributed by atoms with Gasteiger partial charge in [0, 0.05) is 16.7 Å². The van der Waals surface area contributed by atoms with Crippen LogP contribution >= 0.6 is 78.3 Å². The molecular weight excluding hydrogens is 668 g/mol. The van der Waals surface area contributed by atoms with E-state index in [9.17, 15) is 15.0 Å². The summed E-state index contributed by atoms with van der Waals surface area (Å²) < 4.78 is 12.0. The van der Waals surface area contributed by atoms with Crippen molar-refractivity contribution in [2.24, 2.45) is 0 Å². The molecule has 0 N–H and O–H groups in total. The minimum absolute atomic E-state index is 0. The van der Waals surface area contributed by atoms with Crippen LogP contribution in [0.4, 0.5) is 0 Å². The Balaban J connectivity index is 0.00000153. The summed E-state index contributed by atoms with van der Waals surface area (Å²) in [6, 6.07) is 5.49. The quantitative estimate of drug-likeness (QED) is 0.151. The van der Waals surface area contributed by atoms with E-state index < -0.39 is 11.6 Å². The number of ether oxygens (including phenoxy) is 2. The molecule has 0 unspecified atom stereocenters. The standard InChI is InChI=1S/C20H6Br2Cl4O5.2Na/c21-11-7(27)3-1-5-17(11)30-18-6(2-4-8(28)12(18)22)20(5)10-9(19(29)31-20)13(23)15(25)16(26)14(10)24;;/h1-4,27-28H;;/q;2*+1/p-2. The number of esters is 1. The minimum atomic E-state index is -1.70. The fourth-order valence-corrected chi connectivity index (χ4v) is 5.77. The Bertz CT molecular complexity index is 1310. The van der Waals surface area contributed by atoms with Gasteiger partial charge < -0.3 is 19.7 Å². The Kier molecular flexibility index (Phi) is 8.42. The molecule has 2 aliphatic heterocycles. The van der Waals surface area contributed by atoms with Gasteiger partial charge in [-0.2, -0.15) is 0 Å². The molecule has 0 bridgehead atoms. The summed E-state index contributed by atoms with van der Waals surface area (Å²) in [5.74, 6) is -1.44. The summed E-state index contributed by atoms with van der Waals surface area (Å²) in [5.41, 5.74) is -1.04. The smallest absolute Gasteiger partial charge is 0.872 e. The monoisotopic (exact) mass is 668 g/mol. The van der Waals surface area contributed by atoms with E-state index in [0.29, 0.717) is 11.1 Å². The van der Waals surface area contributed by atoms with Crippen molar-refractivity contribution in [2.45, 2.75) is 5.60 Å². The van der Waals surface area contributed by atoms with Crippen LogP contribution in [0.25, 0.3) is 0 Å². The zero-order valence-corrected chi connectivity index (χ0v) is 26.8. The molecule has 33 heavy (non-hydrogen) atoms. The summed E-state index contributed by atoms with van der Waals surface area (Å²) in [6.45, 7) is 0. The molecule has 3 aromatic rings. The maximum atomic E-state index is 13.0. The molecule has 1 spiro atoms. The molecule has 0 amide bonds. The second-order valence-electron chi connectivity index (χ2n) is 6.69. The molecule has 0 aromatic heterocycles. The van der Waals surface area contributed by atoms with Gasteiger partial charge in [-0.25, -0.2) is 4.79 Å². The van der Waals surface area contributed by atoms with Gasteiger partial charge in [-0.1, -0.05) is 82.2 Å². The van der Waals surface area contributed by atoms with E-state index in [1.807, 2.05) is 0 Å². The van der Waals surface area contributed by atoms with Crippen LogP contribution in [0.5, 0.6) is 23.0 Å². The van der Waals surface area contributed by atoms with Crippen molar-refractivity contribution in [3.8, 4) is 23.0 Å². The molecule has 2 heterocycles. The SMILES string of the molecule is O=C1OC2(c3ccc([O-])c(Br)c3Oc3c2ccc([O-])c3Br)c2c(Cl)c(Cl)c(Cl)c(Cl)c21.[Na+].[Na+]. The van der Waals surface area contributed by atoms with Gasteiger partial charge in [0.25, 0.3) is 0 Å². The molecule has 158 valence electrons. The van der Waals surface area contributed by atoms with Crippen molar-refractivity contribution in [1.82, 2.24) is 0 Å². The molecule has 0 saturated carbocycles. The molecule has 5 rings (SSSR count). The summed E-state index contributed by atoms with van der Waals surface area (Å²) >= 11 is 31.9. The van der Waals surface area contributed by atoms with Gasteiger partial charge in [-0.15, -0.1) is 0 Å². The Morgan fingerprint density at radius 2 is 1.21 bits per heavy atom. The Morgan fingerprint density at radius 3 is 1.70 bits per heavy atom. The molecule has 0 radical (unpaired) electrons. The van der Waals surface area contributed by atoms with E-state index in [4.69, 9.17) is 55.9 Å². The van der Waals surface area contributed by atoms with Gasteiger partial charge in [0.05, 0.1) is 34.6 Å². The summed E-state index contributed by atoms with van der Waals surface area (Å²) in [7, 11) is 0. The molecule has 0 atom stereocenters. The van der Waals surface area contributed by atoms with E-state index in [1.54, 1.807) is 0 Å². The average Bonchev–Trinajstić information content (AvgIpc) is 3.04. The molecule has 13 heteroatoms. The molecular formula is C20H4Br2Cl4Na2O5. The van der Waals surface area contributed by atoms with Gasteiger partial charge in [0.1, 0.15) is 11.5 Å². The van der Waals surface area contributed by atoms with E-state index >= 15 is 0 Å². The number of rotatable bonds is 0. The van der Waals surface area contributed by atoms with Gasteiger partial charge in [-0.3, -0.25) is 0 Å². The fraction of sp³-hybridized carbons (Fsp3) is 0.0500. The molecule has 5 nitrogen and oxygen atoms in total. The number of benzene rings is 3. The van der Waals surface area contributed by atoms with Gasteiger partial charge in [-0.05, 0) is 31.9 Å². The van der Waals surface area contributed by atoms with E-state index in [2.05, 4.69) is 31.9 Å². The van der Waals surface area contributed by atoms with Crippen LogP contribution in [0.15, 0.2) is 33.2 Å². The first-order valence-corrected chi connectivity index (χ1v) is 11.5. The number of halogens is 6. The van der Waals surface area contributed by atoms with Crippen LogP contribution in [-0.4, -0.2) is 5.97 Å². The van der Waals surface area contributed by atoms with Crippen molar-refractivity contribution in [3.05, 3.63) is 75.6 Å². The van der Waals surface area contributed by atoms with Crippen molar-refractivity contribution in [2.75, 3.05) is 0 Å². The molecule has 0 aliphatic carbocycles. The zero-order valence-electron chi connectivity index (χ0n) is 16.6. The third-order valence-electron chi connectivity index (χ3n) is 5.16. The Morgan fingerprint density at radius 1 is 0.758 bits per heavy atom. The number of hydrogen-bond acceptors (Lipinski definition) is 5. The molecule has 0 saturated heterocycles. The van der Waals surface area contributed by atoms with Crippen LogP contribution in [0.2, 0.25) is 20.1 Å². The average molecular weight is 672 g/mol. The number of carbonyl (C=O) groups excluding carboxylic acids is 1. The minimum Gasteiger partial charge on any atom is -0.872 e. The van der Waals surface area contributed by atoms with E-state index in [0.717, 1.165) is 0 Å². The van der Waals surface area contributed by atoms with Gasteiger partial charge in [0.15, 0.2) is 5.60 Å². The van der Waals surface area contributed by atoms with Gasteiger partial charge >= 0.3 is 65.1 Å². The normalized spacial score (nSPS) is 14.3. The van der Waals surface area contributed by atoms with E-state index in [-0.39, 0.29) is 122 Å². The van der Waals surface area contributed by atoms with Gasteiger partial charge in [0.2, 0.25) is 0 Å². The van der Waals surface area contributed by atoms with Crippen molar-refractivity contribution in [1.29, 1.82) is 0 Å². The van der Waals surface area contributed by atoms with Crippen LogP contribution in [0, 0.1) is 0 Å². The van der Waals surface area contributed by atoms with E-state index in [1.165, 1.54) is 24.3 Å².